The van der Waals surface area contributed by atoms with Crippen LogP contribution in [-0.2, 0) is 47.0 Å². The fraction of sp³-hybridized carbons (Fsp3) is 0.667. The van der Waals surface area contributed by atoms with Crippen LogP contribution in [0, 0.1) is 23.6 Å². The smallest absolute Gasteiger partial charge is 0.410 e. The highest BCUT2D eigenvalue weighted by Gasteiger charge is 2.63. The molecule has 3 heterocycles. The predicted molar refractivity (Wildman–Crippen MR) is 205 cm³/mol. The molecular weight excluding hydrogens is 734 g/mol. The maximum atomic E-state index is 14.8. The lowest BCUT2D eigenvalue weighted by molar-refractivity contribution is -0.142. The first kappa shape index (κ1) is 40.5. The summed E-state index contributed by atoms with van der Waals surface area (Å²) in [6.07, 6.45) is 4.53. The van der Waals surface area contributed by atoms with Crippen LogP contribution in [0.3, 0.4) is 0 Å². The molecule has 3 N–H and O–H groups in total. The summed E-state index contributed by atoms with van der Waals surface area (Å²) in [6.45, 7) is 10.6. The molecule has 1 saturated heterocycles. The summed E-state index contributed by atoms with van der Waals surface area (Å²) in [6, 6.07) is 2.25. The summed E-state index contributed by atoms with van der Waals surface area (Å²) in [4.78, 5) is 72.4. The number of fused-ring (bicyclic) bond motifs is 3. The van der Waals surface area contributed by atoms with Gasteiger partial charge in [0.2, 0.25) is 21.8 Å². The third kappa shape index (κ3) is 8.63. The Bertz CT molecular complexity index is 1880. The molecule has 0 spiro atoms. The third-order valence-electron chi connectivity index (χ3n) is 11.7. The molecule has 3 fully saturated rings. The van der Waals surface area contributed by atoms with Gasteiger partial charge in [0.1, 0.15) is 35.1 Å². The number of ether oxygens (including phenoxy) is 2. The number of sulfonamides is 1. The zero-order chi connectivity index (χ0) is 40.1. The van der Waals surface area contributed by atoms with Gasteiger partial charge in [-0.05, 0) is 89.7 Å². The second-order valence-corrected chi connectivity index (χ2v) is 19.5. The van der Waals surface area contributed by atoms with Crippen LogP contribution in [0.1, 0.15) is 108 Å². The van der Waals surface area contributed by atoms with Gasteiger partial charge in [0, 0.05) is 28.7 Å². The van der Waals surface area contributed by atoms with Gasteiger partial charge in [-0.2, -0.15) is 0 Å². The van der Waals surface area contributed by atoms with Gasteiger partial charge >= 0.3 is 12.2 Å². The second kappa shape index (κ2) is 15.0. The van der Waals surface area contributed by atoms with Crippen molar-refractivity contribution in [2.45, 2.75) is 140 Å². The Morgan fingerprint density at radius 3 is 2.51 bits per heavy atom. The minimum absolute atomic E-state index is 0. The molecule has 2 saturated carbocycles. The lowest BCUT2D eigenvalue weighted by Crippen LogP contribution is -2.59. The number of halogens is 1. The van der Waals surface area contributed by atoms with E-state index in [1.165, 1.54) is 15.9 Å². The number of hydrogen-bond acceptors (Lipinski definition) is 9. The predicted octanol–water partition coefficient (Wildman–Crippen LogP) is 5.15. The lowest BCUT2D eigenvalue weighted by atomic mass is 9.85. The molecule has 0 radical (unpaired) electrons. The fourth-order valence-electron chi connectivity index (χ4n) is 7.98. The van der Waals surface area contributed by atoms with Crippen LogP contribution in [0.4, 0.5) is 14.0 Å². The standard InChI is InChI=1S/C39H54FN5O9S.3H2/c1-7-24-17-23(2)11-8-9-13-26-19-39(26,34(48)43-55(51,52)38(6)15-16-38)42-32(46)30-18-27(21-45(30)33(47)31(24)41-35(49)54-37(3,4)5)53-36(50)44-20-25-12-10-14-29(40)28(25)22-44;;;/h9-10,12-14,23-24,26-27,30-31H,7-8,11,15-22H2,1-6H3,(H,41,49)(H,42,46)(H,43,48);3*1H/b13-9-;;;/t23-,24-,26-,27-,30+,31+,39-;;;/m1.../s1. The number of nitrogens with one attached hydrogen (secondary N) is 3. The van der Waals surface area contributed by atoms with E-state index < -0.39 is 85.7 Å². The van der Waals surface area contributed by atoms with Crippen molar-refractivity contribution in [3.63, 3.8) is 0 Å². The van der Waals surface area contributed by atoms with E-state index in [2.05, 4.69) is 22.3 Å². The largest absolute Gasteiger partial charge is 0.444 e. The summed E-state index contributed by atoms with van der Waals surface area (Å²) >= 11 is 0. The van der Waals surface area contributed by atoms with E-state index >= 15 is 0 Å². The monoisotopic (exact) mass is 793 g/mol. The quantitative estimate of drug-likeness (QED) is 0.328. The van der Waals surface area contributed by atoms with Gasteiger partial charge in [-0.1, -0.05) is 44.6 Å². The van der Waals surface area contributed by atoms with Crippen LogP contribution in [0.25, 0.3) is 0 Å². The minimum atomic E-state index is -4.03. The van der Waals surface area contributed by atoms with Crippen LogP contribution in [0.2, 0.25) is 0 Å². The van der Waals surface area contributed by atoms with Crippen molar-refractivity contribution in [2.75, 3.05) is 6.54 Å². The number of allylic oxidation sites excluding steroid dienone is 1. The van der Waals surface area contributed by atoms with Crippen LogP contribution in [0.15, 0.2) is 30.4 Å². The van der Waals surface area contributed by atoms with Crippen molar-refractivity contribution in [1.82, 2.24) is 25.2 Å². The number of alkyl carbamates (subject to hydrolysis) is 1. The SMILES string of the molecule is CC[C@@H]1C[C@H](C)CC/C=C\[C@@H]2C[C@@]2(C(=O)NS(=O)(=O)C2(C)CC2)NC(=O)[C@@H]2C[C@@H](OC(=O)N3Cc4cccc(F)c4C3)CN2C(=O)[C@H]1NC(=O)OC(C)(C)C.[HH].[HH].[HH]. The molecule has 14 nitrogen and oxygen atoms in total. The molecular formula is C39H60FN5O9S. The number of carbonyl (C=O) groups is 5. The normalized spacial score (nSPS) is 31.0. The Morgan fingerprint density at radius 2 is 1.85 bits per heavy atom. The molecule has 5 aliphatic rings. The Labute approximate surface area is 326 Å². The average molecular weight is 794 g/mol. The van der Waals surface area contributed by atoms with Crippen molar-refractivity contribution >= 4 is 39.9 Å². The molecule has 1 aromatic carbocycles. The fourth-order valence-corrected chi connectivity index (χ4v) is 9.29. The molecule has 0 aromatic heterocycles. The van der Waals surface area contributed by atoms with Crippen molar-refractivity contribution in [2.24, 2.45) is 17.8 Å². The summed E-state index contributed by atoms with van der Waals surface area (Å²) < 4.78 is 53.4. The van der Waals surface area contributed by atoms with E-state index in [1.54, 1.807) is 39.8 Å². The summed E-state index contributed by atoms with van der Waals surface area (Å²) in [5.74, 6) is -3.33. The van der Waals surface area contributed by atoms with Gasteiger partial charge in [0.25, 0.3) is 5.91 Å². The van der Waals surface area contributed by atoms with Crippen molar-refractivity contribution in [1.29, 1.82) is 0 Å². The number of hydrogen-bond donors (Lipinski definition) is 3. The molecule has 3 aliphatic heterocycles. The maximum Gasteiger partial charge on any atom is 0.410 e. The van der Waals surface area contributed by atoms with E-state index in [0.29, 0.717) is 43.2 Å². The van der Waals surface area contributed by atoms with E-state index in [-0.39, 0.29) is 48.6 Å². The number of carbonyl (C=O) groups excluding carboxylic acids is 5. The van der Waals surface area contributed by atoms with Gasteiger partial charge in [-0.15, -0.1) is 0 Å². The van der Waals surface area contributed by atoms with Crippen LogP contribution in [0.5, 0.6) is 0 Å². The molecule has 308 valence electrons. The maximum absolute atomic E-state index is 14.8. The zero-order valence-electron chi connectivity index (χ0n) is 32.5. The number of nitrogens with zero attached hydrogens (tertiary/aromatic N) is 2. The Morgan fingerprint density at radius 1 is 1.13 bits per heavy atom. The topological polar surface area (TPSA) is 181 Å². The molecule has 0 unspecified atom stereocenters. The van der Waals surface area contributed by atoms with Crippen molar-refractivity contribution < 1.29 is 50.5 Å². The highest BCUT2D eigenvalue weighted by molar-refractivity contribution is 7.91. The van der Waals surface area contributed by atoms with Gasteiger partial charge in [-0.3, -0.25) is 24.0 Å². The van der Waals surface area contributed by atoms with Gasteiger partial charge in [-0.25, -0.2) is 22.4 Å². The lowest BCUT2D eigenvalue weighted by Gasteiger charge is -2.34. The number of rotatable bonds is 6. The summed E-state index contributed by atoms with van der Waals surface area (Å²) in [5, 5.41) is 5.62. The molecule has 5 amide bonds. The first-order valence-corrected chi connectivity index (χ1v) is 20.8. The van der Waals surface area contributed by atoms with E-state index in [9.17, 15) is 36.8 Å². The summed E-state index contributed by atoms with van der Waals surface area (Å²) in [5.41, 5.74) is -1.41. The number of amides is 5. The third-order valence-corrected chi connectivity index (χ3v) is 13.9. The highest BCUT2D eigenvalue weighted by Crippen LogP contribution is 2.47. The molecule has 1 aromatic rings. The zero-order valence-corrected chi connectivity index (χ0v) is 33.3. The van der Waals surface area contributed by atoms with Gasteiger partial charge < -0.3 is 25.0 Å². The van der Waals surface area contributed by atoms with E-state index in [1.807, 2.05) is 19.1 Å². The second-order valence-electron chi connectivity index (χ2n) is 17.3. The first-order chi connectivity index (χ1) is 25.8. The van der Waals surface area contributed by atoms with Crippen LogP contribution >= 0.6 is 0 Å². The molecule has 55 heavy (non-hydrogen) atoms. The van der Waals surface area contributed by atoms with Gasteiger partial charge in [0.05, 0.1) is 17.8 Å². The van der Waals surface area contributed by atoms with Crippen LogP contribution in [-0.4, -0.2) is 88.7 Å². The van der Waals surface area contributed by atoms with Crippen LogP contribution < -0.4 is 15.4 Å². The Balaban J connectivity index is 0.00000300. The molecule has 0 bridgehead atoms. The highest BCUT2D eigenvalue weighted by atomic mass is 32.2. The minimum Gasteiger partial charge on any atom is -0.444 e. The number of benzene rings is 1. The van der Waals surface area contributed by atoms with E-state index in [4.69, 9.17) is 9.47 Å². The molecule has 2 aliphatic carbocycles. The average Bonchev–Trinajstić information content (AvgIpc) is 3.89. The molecule has 7 atom stereocenters. The van der Waals surface area contributed by atoms with Crippen molar-refractivity contribution in [3.8, 4) is 0 Å². The van der Waals surface area contributed by atoms with Gasteiger partial charge in [0.15, 0.2) is 0 Å². The first-order valence-electron chi connectivity index (χ1n) is 19.3. The van der Waals surface area contributed by atoms with E-state index in [0.717, 1.165) is 6.42 Å². The summed E-state index contributed by atoms with van der Waals surface area (Å²) in [7, 11) is -4.03. The Hall–Kier alpha value is -4.21. The Kier molecular flexibility index (Phi) is 11.1. The van der Waals surface area contributed by atoms with Crippen molar-refractivity contribution in [3.05, 3.63) is 47.3 Å². The molecule has 6 rings (SSSR count). The molecule has 16 heteroatoms.